The summed E-state index contributed by atoms with van der Waals surface area (Å²) in [7, 11) is 2.66. The van der Waals surface area contributed by atoms with Crippen LogP contribution in [-0.2, 0) is 14.3 Å². The van der Waals surface area contributed by atoms with E-state index >= 15 is 0 Å². The molecular weight excluding hydrogens is 405 g/mol. The Morgan fingerprint density at radius 2 is 2.17 bits per heavy atom. The number of rotatable bonds is 4. The number of carbonyl (C=O) groups is 2. The molecule has 24 heavy (non-hydrogen) atoms. The summed E-state index contributed by atoms with van der Waals surface area (Å²) in [6.45, 7) is 0. The zero-order valence-electron chi connectivity index (χ0n) is 12.5. The first-order valence-electron chi connectivity index (χ1n) is 6.38. The highest BCUT2D eigenvalue weighted by atomic mass is 79.9. The van der Waals surface area contributed by atoms with Crippen LogP contribution in [0.5, 0.6) is 5.75 Å². The Morgan fingerprint density at radius 1 is 1.42 bits per heavy atom. The molecule has 0 spiro atoms. The number of esters is 1. The molecule has 2 rings (SSSR count). The van der Waals surface area contributed by atoms with Crippen LogP contribution < -0.4 is 10.1 Å². The van der Waals surface area contributed by atoms with Crippen molar-refractivity contribution in [2.75, 3.05) is 14.2 Å². The van der Waals surface area contributed by atoms with E-state index in [2.05, 4.69) is 36.2 Å². The zero-order chi connectivity index (χ0) is 17.7. The zero-order valence-corrected chi connectivity index (χ0v) is 14.9. The Labute approximate surface area is 149 Å². The van der Waals surface area contributed by atoms with Gasteiger partial charge in [-0.15, -0.1) is 5.10 Å². The second kappa shape index (κ2) is 8.06. The monoisotopic (exact) mass is 415 g/mol. The minimum Gasteiger partial charge on any atom is -0.496 e. The second-order valence-corrected chi connectivity index (χ2v) is 6.04. The van der Waals surface area contributed by atoms with E-state index in [1.807, 2.05) is 0 Å². The normalized spacial score (nSPS) is 17.6. The van der Waals surface area contributed by atoms with Crippen LogP contribution in [0.2, 0.25) is 0 Å². The average Bonchev–Trinajstić information content (AvgIpc) is 2.90. The molecule has 1 heterocycles. The Bertz CT molecular complexity index is 780. The molecule has 1 saturated heterocycles. The average molecular weight is 416 g/mol. The fourth-order valence-corrected chi connectivity index (χ4v) is 2.93. The number of amides is 1. The van der Waals surface area contributed by atoms with Crippen molar-refractivity contribution in [3.63, 3.8) is 0 Å². The Morgan fingerprint density at radius 3 is 2.83 bits per heavy atom. The third-order valence-corrected chi connectivity index (χ3v) is 4.47. The van der Waals surface area contributed by atoms with E-state index in [1.165, 1.54) is 32.6 Å². The fraction of sp³-hybridized carbons (Fsp3) is 0.143. The molecule has 0 radical (unpaired) electrons. The lowest BCUT2D eigenvalue weighted by atomic mass is 10.2. The first kappa shape index (κ1) is 18.1. The molecule has 0 atom stereocenters. The number of thioether (sulfide) groups is 1. The van der Waals surface area contributed by atoms with Crippen LogP contribution in [0.1, 0.15) is 5.56 Å². The fourth-order valence-electron chi connectivity index (χ4n) is 1.61. The third kappa shape index (κ3) is 4.20. The maximum atomic E-state index is 13.8. The largest absolute Gasteiger partial charge is 0.496 e. The summed E-state index contributed by atoms with van der Waals surface area (Å²) in [4.78, 5) is 22.9. The number of benzene rings is 1. The predicted octanol–water partition coefficient (Wildman–Crippen LogP) is 2.21. The predicted molar refractivity (Wildman–Crippen MR) is 91.5 cm³/mol. The third-order valence-electron chi connectivity index (χ3n) is 2.75. The molecule has 0 aliphatic carbocycles. The summed E-state index contributed by atoms with van der Waals surface area (Å²) < 4.78 is 23.7. The number of amidine groups is 1. The van der Waals surface area contributed by atoms with Gasteiger partial charge >= 0.3 is 5.97 Å². The van der Waals surface area contributed by atoms with Gasteiger partial charge in [0.1, 0.15) is 11.6 Å². The standard InChI is InChI=1S/C14H11BrFN3O4S/c1-22-9-4-3-8(16)7(12(9)15)6-17-19-14-18-13(21)10(24-14)5-11(20)23-2/h3-6H,1-2H3,(H,18,19,21)/b10-5+,17-6?. The van der Waals surface area contributed by atoms with Crippen molar-refractivity contribution < 1.29 is 23.5 Å². The molecule has 0 saturated carbocycles. The van der Waals surface area contributed by atoms with Crippen molar-refractivity contribution in [3.05, 3.63) is 39.0 Å². The van der Waals surface area contributed by atoms with Gasteiger partial charge in [0.15, 0.2) is 5.17 Å². The number of ether oxygens (including phenoxy) is 2. The van der Waals surface area contributed by atoms with E-state index in [1.54, 1.807) is 0 Å². The molecule has 1 aromatic carbocycles. The minimum absolute atomic E-state index is 0.129. The molecule has 0 unspecified atom stereocenters. The highest BCUT2D eigenvalue weighted by molar-refractivity contribution is 9.10. The molecule has 1 aromatic rings. The quantitative estimate of drug-likeness (QED) is 0.352. The van der Waals surface area contributed by atoms with Crippen molar-refractivity contribution >= 4 is 51.0 Å². The highest BCUT2D eigenvalue weighted by Crippen LogP contribution is 2.29. The number of methoxy groups -OCH3 is 2. The first-order valence-corrected chi connectivity index (χ1v) is 7.99. The maximum Gasteiger partial charge on any atom is 0.331 e. The topological polar surface area (TPSA) is 89.3 Å². The molecular formula is C14H11BrFN3O4S. The van der Waals surface area contributed by atoms with E-state index in [4.69, 9.17) is 4.74 Å². The molecule has 1 fully saturated rings. The first-order chi connectivity index (χ1) is 11.5. The van der Waals surface area contributed by atoms with Gasteiger partial charge in [-0.3, -0.25) is 10.1 Å². The molecule has 1 aliphatic heterocycles. The van der Waals surface area contributed by atoms with E-state index in [0.29, 0.717) is 10.2 Å². The van der Waals surface area contributed by atoms with Gasteiger partial charge in [0.25, 0.3) is 5.91 Å². The van der Waals surface area contributed by atoms with Gasteiger partial charge in [-0.05, 0) is 39.8 Å². The lowest BCUT2D eigenvalue weighted by Gasteiger charge is -2.05. The molecule has 126 valence electrons. The number of nitrogens with zero attached hydrogens (tertiary/aromatic N) is 2. The Kier molecular flexibility index (Phi) is 6.10. The van der Waals surface area contributed by atoms with Gasteiger partial charge in [0.05, 0.1) is 29.8 Å². The maximum absolute atomic E-state index is 13.8. The minimum atomic E-state index is -0.653. The van der Waals surface area contributed by atoms with Gasteiger partial charge in [-0.1, -0.05) is 0 Å². The number of hydrogen-bond acceptors (Lipinski definition) is 7. The Hall–Kier alpha value is -2.20. The molecule has 0 bridgehead atoms. The number of hydrogen-bond donors (Lipinski definition) is 1. The number of nitrogens with one attached hydrogen (secondary N) is 1. The van der Waals surface area contributed by atoms with Crippen molar-refractivity contribution in [2.24, 2.45) is 10.2 Å². The molecule has 1 N–H and O–H groups in total. The summed E-state index contributed by atoms with van der Waals surface area (Å²) >= 11 is 4.14. The summed E-state index contributed by atoms with van der Waals surface area (Å²) in [5.74, 6) is -1.22. The SMILES string of the molecule is COC(=O)/C=C1/S/C(=N\N=Cc2c(F)ccc(OC)c2Br)NC1=O. The van der Waals surface area contributed by atoms with Gasteiger partial charge in [0.2, 0.25) is 0 Å². The van der Waals surface area contributed by atoms with Gasteiger partial charge < -0.3 is 9.47 Å². The Balaban J connectivity index is 2.18. The van der Waals surface area contributed by atoms with Crippen molar-refractivity contribution in [1.29, 1.82) is 0 Å². The van der Waals surface area contributed by atoms with Crippen LogP contribution in [0.4, 0.5) is 4.39 Å². The second-order valence-electron chi connectivity index (χ2n) is 4.21. The molecule has 1 aliphatic rings. The van der Waals surface area contributed by atoms with Crippen LogP contribution in [0, 0.1) is 5.82 Å². The lowest BCUT2D eigenvalue weighted by Crippen LogP contribution is -2.19. The van der Waals surface area contributed by atoms with E-state index in [9.17, 15) is 14.0 Å². The van der Waals surface area contributed by atoms with E-state index in [0.717, 1.165) is 17.8 Å². The summed E-state index contributed by atoms with van der Waals surface area (Å²) in [5.41, 5.74) is 0.151. The van der Waals surface area contributed by atoms with Crippen LogP contribution >= 0.6 is 27.7 Å². The van der Waals surface area contributed by atoms with Crippen LogP contribution in [0.15, 0.2) is 37.8 Å². The van der Waals surface area contributed by atoms with Gasteiger partial charge in [-0.25, -0.2) is 9.18 Å². The van der Waals surface area contributed by atoms with Gasteiger partial charge in [0, 0.05) is 11.6 Å². The van der Waals surface area contributed by atoms with E-state index < -0.39 is 17.7 Å². The van der Waals surface area contributed by atoms with Crippen LogP contribution in [0.3, 0.4) is 0 Å². The number of carbonyl (C=O) groups excluding carboxylic acids is 2. The molecule has 1 amide bonds. The van der Waals surface area contributed by atoms with Crippen LogP contribution in [0.25, 0.3) is 0 Å². The van der Waals surface area contributed by atoms with Crippen molar-refractivity contribution in [3.8, 4) is 5.75 Å². The highest BCUT2D eigenvalue weighted by Gasteiger charge is 2.25. The number of halogens is 2. The van der Waals surface area contributed by atoms with Crippen molar-refractivity contribution in [2.45, 2.75) is 0 Å². The molecule has 10 heteroatoms. The van der Waals surface area contributed by atoms with Crippen molar-refractivity contribution in [1.82, 2.24) is 5.32 Å². The van der Waals surface area contributed by atoms with Gasteiger partial charge in [-0.2, -0.15) is 5.10 Å². The molecule has 7 nitrogen and oxygen atoms in total. The van der Waals surface area contributed by atoms with Crippen LogP contribution in [-0.4, -0.2) is 37.5 Å². The summed E-state index contributed by atoms with van der Waals surface area (Å²) in [5, 5.41) is 10.1. The summed E-state index contributed by atoms with van der Waals surface area (Å²) in [6, 6.07) is 2.71. The lowest BCUT2D eigenvalue weighted by molar-refractivity contribution is -0.135. The smallest absolute Gasteiger partial charge is 0.331 e. The van der Waals surface area contributed by atoms with E-state index in [-0.39, 0.29) is 15.6 Å². The summed E-state index contributed by atoms with van der Waals surface area (Å²) in [6.07, 6.45) is 2.23. The molecule has 0 aromatic heterocycles.